The summed E-state index contributed by atoms with van der Waals surface area (Å²) in [5.74, 6) is 2.45. The summed E-state index contributed by atoms with van der Waals surface area (Å²) in [7, 11) is 0. The van der Waals surface area contributed by atoms with E-state index in [1.807, 2.05) is 0 Å². The predicted octanol–water partition coefficient (Wildman–Crippen LogP) is 13.9. The molecule has 0 aliphatic carbocycles. The molecule has 5 heterocycles. The van der Waals surface area contributed by atoms with E-state index in [9.17, 15) is 0 Å². The number of benzene rings is 10. The summed E-state index contributed by atoms with van der Waals surface area (Å²) in [6.07, 6.45) is 0. The van der Waals surface area contributed by atoms with Crippen molar-refractivity contribution in [2.45, 2.75) is 0 Å². The number of rotatable bonds is 4. The second-order valence-corrected chi connectivity index (χ2v) is 17.6. The molecule has 0 spiro atoms. The molecule has 2 aliphatic heterocycles. The molecule has 0 atom stereocenters. The monoisotopic (exact) mass is 841 g/mol. The Balaban J connectivity index is 0.933. The van der Waals surface area contributed by atoms with Crippen LogP contribution in [0.2, 0.25) is 0 Å². The molecule has 0 fully saturated rings. The molecule has 0 unspecified atom stereocenters. The van der Waals surface area contributed by atoms with Crippen molar-refractivity contribution in [3.05, 3.63) is 218 Å². The summed E-state index contributed by atoms with van der Waals surface area (Å²) in [6.45, 7) is -0.343. The third kappa shape index (κ3) is 4.90. The zero-order valence-corrected chi connectivity index (χ0v) is 35.5. The number of nitrogens with zero attached hydrogens (tertiary/aromatic N) is 3. The Morgan fingerprint density at radius 3 is 1.47 bits per heavy atom. The molecule has 66 heavy (non-hydrogen) atoms. The SMILES string of the molecule is c1ccc2c(c1)OB1c3ccc(-c4ccccc4-n4c5ccccc5c5ccccc54)cc3Oc3cc(-n4c5ccccc5c5ccc(-n6c7ccccc7c7ccccc76)cc54)cc-2c31. The first-order valence-corrected chi connectivity index (χ1v) is 22.6. The van der Waals surface area contributed by atoms with Gasteiger partial charge in [0.25, 0.3) is 0 Å². The molecular weight excluding hydrogens is 805 g/mol. The van der Waals surface area contributed by atoms with Gasteiger partial charge < -0.3 is 23.1 Å². The minimum atomic E-state index is -0.343. The normalized spacial score (nSPS) is 12.8. The van der Waals surface area contributed by atoms with Crippen LogP contribution in [0.4, 0.5) is 0 Å². The van der Waals surface area contributed by atoms with Crippen molar-refractivity contribution >= 4 is 83.3 Å². The highest BCUT2D eigenvalue weighted by atomic mass is 16.5. The number of para-hydroxylation sites is 7. The van der Waals surface area contributed by atoms with Crippen LogP contribution in [0.15, 0.2) is 218 Å². The van der Waals surface area contributed by atoms with Crippen LogP contribution >= 0.6 is 0 Å². The van der Waals surface area contributed by atoms with Gasteiger partial charge in [-0.05, 0) is 77.9 Å². The lowest BCUT2D eigenvalue weighted by Crippen LogP contribution is -2.53. The van der Waals surface area contributed by atoms with E-state index in [0.717, 1.165) is 78.5 Å². The quantitative estimate of drug-likeness (QED) is 0.165. The number of hydrogen-bond donors (Lipinski definition) is 0. The van der Waals surface area contributed by atoms with Crippen molar-refractivity contribution in [1.82, 2.24) is 13.7 Å². The molecule has 0 saturated carbocycles. The van der Waals surface area contributed by atoms with Gasteiger partial charge in [0.15, 0.2) is 0 Å². The third-order valence-corrected chi connectivity index (χ3v) is 14.1. The molecule has 15 rings (SSSR count). The van der Waals surface area contributed by atoms with E-state index < -0.39 is 0 Å². The number of aromatic nitrogens is 3. The lowest BCUT2D eigenvalue weighted by molar-refractivity contribution is 0.479. The molecule has 0 amide bonds. The van der Waals surface area contributed by atoms with E-state index in [-0.39, 0.29) is 6.92 Å². The summed E-state index contributed by atoms with van der Waals surface area (Å²) < 4.78 is 21.4. The molecule has 10 aromatic carbocycles. The molecule has 2 aliphatic rings. The fraction of sp³-hybridized carbons (Fsp3) is 0. The fourth-order valence-corrected chi connectivity index (χ4v) is 11.3. The molecule has 6 heteroatoms. The average Bonchev–Trinajstić information content (AvgIpc) is 4.02. The van der Waals surface area contributed by atoms with Gasteiger partial charge in [-0.25, -0.2) is 0 Å². The van der Waals surface area contributed by atoms with Crippen molar-refractivity contribution in [3.8, 4) is 56.6 Å². The van der Waals surface area contributed by atoms with Crippen LogP contribution in [0.3, 0.4) is 0 Å². The van der Waals surface area contributed by atoms with Crippen LogP contribution in [0.25, 0.3) is 105 Å². The molecule has 306 valence electrons. The van der Waals surface area contributed by atoms with Gasteiger partial charge in [-0.1, -0.05) is 146 Å². The minimum absolute atomic E-state index is 0.343. The van der Waals surface area contributed by atoms with E-state index in [1.165, 1.54) is 54.4 Å². The van der Waals surface area contributed by atoms with Crippen LogP contribution in [0.5, 0.6) is 17.2 Å². The first-order chi connectivity index (χ1) is 32.7. The zero-order chi connectivity index (χ0) is 43.0. The minimum Gasteiger partial charge on any atom is -0.551 e. The van der Waals surface area contributed by atoms with E-state index in [1.54, 1.807) is 0 Å². The van der Waals surface area contributed by atoms with Gasteiger partial charge in [0.2, 0.25) is 0 Å². The predicted molar refractivity (Wildman–Crippen MR) is 272 cm³/mol. The Kier molecular flexibility index (Phi) is 7.24. The Hall–Kier alpha value is -8.74. The zero-order valence-electron chi connectivity index (χ0n) is 35.5. The van der Waals surface area contributed by atoms with Crippen molar-refractivity contribution in [2.24, 2.45) is 0 Å². The molecule has 0 bridgehead atoms. The highest BCUT2D eigenvalue weighted by Crippen LogP contribution is 2.44. The Bertz CT molecular complexity index is 4100. The molecule has 3 aromatic heterocycles. The van der Waals surface area contributed by atoms with Crippen molar-refractivity contribution < 1.29 is 9.39 Å². The van der Waals surface area contributed by atoms with Gasteiger partial charge >= 0.3 is 6.92 Å². The molecule has 0 saturated heterocycles. The largest absolute Gasteiger partial charge is 0.551 e. The first-order valence-electron chi connectivity index (χ1n) is 22.6. The topological polar surface area (TPSA) is 33.2 Å². The summed E-state index contributed by atoms with van der Waals surface area (Å²) in [5, 5.41) is 7.36. The summed E-state index contributed by atoms with van der Waals surface area (Å²) in [5.41, 5.74) is 16.7. The fourth-order valence-electron chi connectivity index (χ4n) is 11.3. The summed E-state index contributed by atoms with van der Waals surface area (Å²) in [4.78, 5) is 0. The summed E-state index contributed by atoms with van der Waals surface area (Å²) >= 11 is 0. The van der Waals surface area contributed by atoms with Gasteiger partial charge in [-0.2, -0.15) is 0 Å². The number of hydrogen-bond acceptors (Lipinski definition) is 2. The smallest absolute Gasteiger partial charge is 0.434 e. The maximum absolute atomic E-state index is 7.21. The van der Waals surface area contributed by atoms with E-state index in [2.05, 4.69) is 232 Å². The first kappa shape index (κ1) is 35.7. The van der Waals surface area contributed by atoms with E-state index in [0.29, 0.717) is 0 Å². The standard InChI is InChI=1S/C60H36BN3O2/c1-8-22-50(64-54-26-12-5-18-43(54)44-19-6-13-27-55(44)64)40(15-1)37-29-32-49-58(33-37)65-59-36-39(34-48-47-21-7-14-28-57(47)66-61(49)60(48)59)63-53-25-11-4-20-45(53)46-31-30-38(35-56(46)63)62-51-23-9-2-16-41(51)42-17-3-10-24-52(42)62/h1-36H. The Labute approximate surface area is 379 Å². The van der Waals surface area contributed by atoms with Crippen molar-refractivity contribution in [2.75, 3.05) is 0 Å². The third-order valence-electron chi connectivity index (χ3n) is 14.1. The Morgan fingerprint density at radius 2 is 0.833 bits per heavy atom. The highest BCUT2D eigenvalue weighted by Gasteiger charge is 2.41. The molecule has 0 N–H and O–H groups in total. The summed E-state index contributed by atoms with van der Waals surface area (Å²) in [6, 6.07) is 78.8. The van der Waals surface area contributed by atoms with Gasteiger partial charge in [0.1, 0.15) is 17.2 Å². The second kappa shape index (κ2) is 13.4. The average molecular weight is 842 g/mol. The van der Waals surface area contributed by atoms with E-state index >= 15 is 0 Å². The number of fused-ring (bicyclic) bond motifs is 13. The van der Waals surface area contributed by atoms with Gasteiger partial charge in [0.05, 0.1) is 44.5 Å². The molecule has 5 nitrogen and oxygen atoms in total. The molecule has 0 radical (unpaired) electrons. The Morgan fingerprint density at radius 1 is 0.318 bits per heavy atom. The van der Waals surface area contributed by atoms with Crippen LogP contribution in [-0.2, 0) is 0 Å². The molecular formula is C60H36BN3O2. The van der Waals surface area contributed by atoms with E-state index in [4.69, 9.17) is 9.39 Å². The van der Waals surface area contributed by atoms with Gasteiger partial charge in [-0.15, -0.1) is 0 Å². The van der Waals surface area contributed by atoms with Crippen LogP contribution < -0.4 is 20.3 Å². The maximum Gasteiger partial charge on any atom is 0.434 e. The lowest BCUT2D eigenvalue weighted by atomic mass is 9.50. The van der Waals surface area contributed by atoms with Crippen molar-refractivity contribution in [1.29, 1.82) is 0 Å². The van der Waals surface area contributed by atoms with Crippen molar-refractivity contribution in [3.63, 3.8) is 0 Å². The van der Waals surface area contributed by atoms with Gasteiger partial charge in [-0.3, -0.25) is 0 Å². The molecule has 13 aromatic rings. The van der Waals surface area contributed by atoms with Crippen LogP contribution in [-0.4, -0.2) is 20.6 Å². The highest BCUT2D eigenvalue weighted by molar-refractivity contribution is 6.84. The van der Waals surface area contributed by atoms with Crippen LogP contribution in [0.1, 0.15) is 0 Å². The van der Waals surface area contributed by atoms with Crippen LogP contribution in [0, 0.1) is 0 Å². The van der Waals surface area contributed by atoms with Gasteiger partial charge in [0, 0.05) is 66.1 Å². The lowest BCUT2D eigenvalue weighted by Gasteiger charge is -2.33. The second-order valence-electron chi connectivity index (χ2n) is 17.6. The maximum atomic E-state index is 7.21. The number of ether oxygens (including phenoxy) is 1.